The van der Waals surface area contributed by atoms with Crippen LogP contribution < -0.4 is 22.5 Å². The fraction of sp³-hybridized carbons (Fsp3) is 0.789. The number of nitrogens with one attached hydrogen (secondary N) is 2. The third-order valence-electron chi connectivity index (χ3n) is 11.4. The summed E-state index contributed by atoms with van der Waals surface area (Å²) in [7, 11) is -6.51. The minimum absolute atomic E-state index is 0.156. The number of nitrogens with zero attached hydrogens (tertiary/aromatic N) is 3. The molecule has 2 aromatic heterocycles. The van der Waals surface area contributed by atoms with Crippen LogP contribution in [0, 0.1) is 11.8 Å². The van der Waals surface area contributed by atoms with E-state index < -0.39 is 118 Å². The van der Waals surface area contributed by atoms with Crippen molar-refractivity contribution < 1.29 is 55.2 Å². The Morgan fingerprint density at radius 3 is 1.31 bits per heavy atom. The smallest absolute Gasteiger partial charge is 0.334 e. The summed E-state index contributed by atoms with van der Waals surface area (Å²) >= 11 is 0. The Bertz CT molecular complexity index is 2000. The van der Waals surface area contributed by atoms with Gasteiger partial charge in [-0.25, -0.2) is 14.3 Å². The molecule has 21 nitrogen and oxygen atoms in total. The molecule has 4 heterocycles. The van der Waals surface area contributed by atoms with Crippen LogP contribution in [0.5, 0.6) is 0 Å². The van der Waals surface area contributed by atoms with Crippen molar-refractivity contribution in [3.05, 3.63) is 66.2 Å². The van der Waals surface area contributed by atoms with E-state index in [0.717, 1.165) is 0 Å². The third kappa shape index (κ3) is 10.1. The standard InChI is InChI=1S/C38H62N5O16P3/c1-11-52-61(48,53-12-2)25-19-23(25)29-31(33(50-9)35(56-29)41-17-15-27(44)39-37(41)46)58-60(43(21(5)6)22(7)8)59-32-30(24-20-26(24)62(49,54-13-3)55-14-4)57-36(34(32)51-10)42-18-16-28(45)40-38(42)47/h15-18,21-26,29-36H,11-14,19-20H2,1-10H3,(H,39,44,46)(H,40,45,47)/t23?,24?,25?,26?,29-,30-,31-,32-,33-,34-,35-,36-,60?/m1/s1. The molecule has 62 heavy (non-hydrogen) atoms. The van der Waals surface area contributed by atoms with E-state index in [9.17, 15) is 28.3 Å². The van der Waals surface area contributed by atoms with Crippen LogP contribution in [0.4, 0.5) is 0 Å². The Balaban J connectivity index is 1.43. The molecule has 0 bridgehead atoms. The highest BCUT2D eigenvalue weighted by Crippen LogP contribution is 2.69. The lowest BCUT2D eigenvalue weighted by atomic mass is 10.1. The summed E-state index contributed by atoms with van der Waals surface area (Å²) in [5.74, 6) is -0.865. The van der Waals surface area contributed by atoms with E-state index in [1.165, 1.54) is 47.9 Å². The Morgan fingerprint density at radius 2 is 1.02 bits per heavy atom. The second kappa shape index (κ2) is 20.5. The van der Waals surface area contributed by atoms with Gasteiger partial charge in [-0.15, -0.1) is 0 Å². The second-order valence-corrected chi connectivity index (χ2v) is 21.9. The molecule has 2 saturated heterocycles. The molecule has 4 aliphatic rings. The number of ether oxygens (including phenoxy) is 4. The lowest BCUT2D eigenvalue weighted by Gasteiger charge is -2.40. The lowest BCUT2D eigenvalue weighted by Crippen LogP contribution is -2.44. The molecule has 2 aliphatic carbocycles. The van der Waals surface area contributed by atoms with Crippen LogP contribution in [0.2, 0.25) is 0 Å². The minimum atomic E-state index is -3.61. The molecule has 0 amide bonds. The summed E-state index contributed by atoms with van der Waals surface area (Å²) in [5, 5.41) is 0. The van der Waals surface area contributed by atoms with Gasteiger partial charge in [0.25, 0.3) is 19.6 Å². The van der Waals surface area contributed by atoms with E-state index in [1.807, 2.05) is 32.4 Å². The van der Waals surface area contributed by atoms with Gasteiger partial charge in [0.15, 0.2) is 12.5 Å². The van der Waals surface area contributed by atoms with E-state index in [2.05, 4.69) is 9.97 Å². The number of aromatic amines is 2. The van der Waals surface area contributed by atoms with Crippen molar-refractivity contribution in [2.75, 3.05) is 40.6 Å². The van der Waals surface area contributed by atoms with Gasteiger partial charge in [-0.2, -0.15) is 0 Å². The summed E-state index contributed by atoms with van der Waals surface area (Å²) < 4.78 is 95.7. The molecule has 0 radical (unpaired) electrons. The second-order valence-electron chi connectivity index (χ2n) is 16.0. The molecule has 4 fully saturated rings. The summed E-state index contributed by atoms with van der Waals surface area (Å²) in [6, 6.07) is 2.03. The van der Waals surface area contributed by atoms with Gasteiger partial charge in [0, 0.05) is 62.7 Å². The maximum absolute atomic E-state index is 14.1. The SMILES string of the molecule is CCOP(=O)(OCC)C1CC1[C@H]1O[C@@H](n2ccc(=O)[nH]c2=O)[C@H](OC)[C@@H]1OP(O[C@H]1[C@@H](OC)[C@H](n2ccc(=O)[nH]c2=O)O[C@@H]1C1CC1P(=O)(OCC)OCC)N(C(C)C)C(C)C. The Kier molecular flexibility index (Phi) is 16.3. The van der Waals surface area contributed by atoms with Crippen LogP contribution in [-0.4, -0.2) is 124 Å². The minimum Gasteiger partial charge on any atom is -0.374 e. The normalized spacial score (nSPS) is 31.7. The zero-order valence-electron chi connectivity index (χ0n) is 36.9. The monoisotopic (exact) mass is 937 g/mol. The number of hydrogen-bond acceptors (Lipinski definition) is 17. The number of aromatic nitrogens is 4. The average Bonchev–Trinajstić information content (AvgIpc) is 4.12. The topological polar surface area (TPSA) is 239 Å². The summed E-state index contributed by atoms with van der Waals surface area (Å²) in [4.78, 5) is 55.4. The molecule has 4 unspecified atom stereocenters. The fourth-order valence-electron chi connectivity index (χ4n) is 8.79. The Morgan fingerprint density at radius 1 is 0.661 bits per heavy atom. The van der Waals surface area contributed by atoms with Crippen molar-refractivity contribution in [3.63, 3.8) is 0 Å². The van der Waals surface area contributed by atoms with Crippen LogP contribution in [0.15, 0.2) is 43.7 Å². The van der Waals surface area contributed by atoms with E-state index >= 15 is 0 Å². The van der Waals surface area contributed by atoms with Gasteiger partial charge in [0.05, 0.1) is 50.0 Å². The summed E-state index contributed by atoms with van der Waals surface area (Å²) in [6.45, 7) is 15.5. The largest absolute Gasteiger partial charge is 0.374 e. The Hall–Kier alpha value is -2.19. The quantitative estimate of drug-likeness (QED) is 0.147. The highest BCUT2D eigenvalue weighted by atomic mass is 31.2. The average molecular weight is 938 g/mol. The highest BCUT2D eigenvalue weighted by Gasteiger charge is 2.65. The number of H-pyrrole nitrogens is 2. The molecule has 0 aromatic carbocycles. The van der Waals surface area contributed by atoms with Crippen LogP contribution in [0.3, 0.4) is 0 Å². The van der Waals surface area contributed by atoms with Crippen LogP contribution in [0.25, 0.3) is 0 Å². The van der Waals surface area contributed by atoms with Gasteiger partial charge >= 0.3 is 26.6 Å². The van der Waals surface area contributed by atoms with Crippen LogP contribution in [0.1, 0.15) is 80.7 Å². The van der Waals surface area contributed by atoms with E-state index in [1.54, 1.807) is 27.7 Å². The zero-order chi connectivity index (χ0) is 45.3. The molecule has 2 saturated carbocycles. The maximum Gasteiger partial charge on any atom is 0.334 e. The first-order valence-corrected chi connectivity index (χ1v) is 25.5. The summed E-state index contributed by atoms with van der Waals surface area (Å²) in [5.41, 5.74) is -3.77. The highest BCUT2D eigenvalue weighted by molar-refractivity contribution is 7.55. The number of hydrogen-bond donors (Lipinski definition) is 2. The Labute approximate surface area is 361 Å². The summed E-state index contributed by atoms with van der Waals surface area (Å²) in [6.07, 6.45) is -4.40. The molecular formula is C38H62N5O16P3. The molecule has 2 N–H and O–H groups in total. The van der Waals surface area contributed by atoms with Crippen molar-refractivity contribution in [1.82, 2.24) is 23.8 Å². The number of rotatable bonds is 23. The molecule has 24 heteroatoms. The van der Waals surface area contributed by atoms with Gasteiger partial charge in [-0.3, -0.25) is 37.8 Å². The molecule has 2 aliphatic heterocycles. The molecule has 12 atom stereocenters. The third-order valence-corrected chi connectivity index (χ3v) is 18.9. The first-order chi connectivity index (χ1) is 29.5. The molecular weight excluding hydrogens is 875 g/mol. The van der Waals surface area contributed by atoms with Crippen LogP contribution >= 0.6 is 23.7 Å². The number of methoxy groups -OCH3 is 2. The first-order valence-electron chi connectivity index (χ1n) is 21.2. The molecule has 350 valence electrons. The van der Waals surface area contributed by atoms with Gasteiger partial charge in [0.2, 0.25) is 0 Å². The first kappa shape index (κ1) is 49.2. The molecule has 2 aromatic rings. The predicted molar refractivity (Wildman–Crippen MR) is 226 cm³/mol. The van der Waals surface area contributed by atoms with Crippen molar-refractivity contribution in [2.24, 2.45) is 11.8 Å². The van der Waals surface area contributed by atoms with Crippen molar-refractivity contribution in [2.45, 2.75) is 141 Å². The fourth-order valence-corrected chi connectivity index (χ4v) is 15.3. The van der Waals surface area contributed by atoms with Crippen molar-refractivity contribution in [1.29, 1.82) is 0 Å². The van der Waals surface area contributed by atoms with Crippen molar-refractivity contribution in [3.8, 4) is 0 Å². The predicted octanol–water partition coefficient (Wildman–Crippen LogP) is 4.34. The molecule has 0 spiro atoms. The zero-order valence-corrected chi connectivity index (χ0v) is 39.5. The van der Waals surface area contributed by atoms with Gasteiger partial charge < -0.3 is 46.1 Å². The van der Waals surface area contributed by atoms with E-state index in [0.29, 0.717) is 12.8 Å². The van der Waals surface area contributed by atoms with Gasteiger partial charge in [-0.05, 0) is 68.2 Å². The maximum atomic E-state index is 14.1. The lowest BCUT2D eigenvalue weighted by molar-refractivity contribution is -0.0576. The van der Waals surface area contributed by atoms with Gasteiger partial charge in [0.1, 0.15) is 24.4 Å². The van der Waals surface area contributed by atoms with Crippen LogP contribution in [-0.2, 0) is 55.2 Å². The van der Waals surface area contributed by atoms with E-state index in [-0.39, 0.29) is 38.5 Å². The van der Waals surface area contributed by atoms with E-state index in [4.69, 9.17) is 46.1 Å². The van der Waals surface area contributed by atoms with Gasteiger partial charge in [-0.1, -0.05) is 0 Å². The van der Waals surface area contributed by atoms with Crippen molar-refractivity contribution >= 4 is 23.7 Å². The molecule has 6 rings (SSSR count).